The summed E-state index contributed by atoms with van der Waals surface area (Å²) in [4.78, 5) is 0. The van der Waals surface area contributed by atoms with Crippen LogP contribution < -0.4 is 0 Å². The molecule has 2 aromatic rings. The van der Waals surface area contributed by atoms with Crippen molar-refractivity contribution in [2.75, 3.05) is 0 Å². The summed E-state index contributed by atoms with van der Waals surface area (Å²) in [5.41, 5.74) is 2.12. The molecular weight excluding hydrogens is 255 g/mol. The molecule has 0 bridgehead atoms. The van der Waals surface area contributed by atoms with Crippen LogP contribution in [-0.2, 0) is 6.42 Å². The quantitative estimate of drug-likeness (QED) is 0.812. The Bertz CT molecular complexity index is 592. The molecule has 3 heteroatoms. The van der Waals surface area contributed by atoms with Gasteiger partial charge in [0.1, 0.15) is 17.3 Å². The number of rotatable bonds is 4. The molecule has 0 aromatic heterocycles. The topological polar surface area (TPSA) is 40.5 Å². The third-order valence-corrected chi connectivity index (χ3v) is 3.06. The minimum atomic E-state index is -0.277. The van der Waals surface area contributed by atoms with Crippen molar-refractivity contribution in [3.05, 3.63) is 58.9 Å². The van der Waals surface area contributed by atoms with Crippen LogP contribution in [0.4, 0.5) is 4.39 Å². The Morgan fingerprint density at radius 3 is 2.05 bits per heavy atom. The lowest BCUT2D eigenvalue weighted by molar-refractivity contribution is 0.437. The molecule has 0 saturated carbocycles. The maximum Gasteiger partial charge on any atom is 0.123 e. The lowest BCUT2D eigenvalue weighted by Gasteiger charge is -2.07. The van der Waals surface area contributed by atoms with E-state index in [0.29, 0.717) is 17.5 Å². The van der Waals surface area contributed by atoms with Crippen molar-refractivity contribution in [3.63, 3.8) is 0 Å². The van der Waals surface area contributed by atoms with Crippen molar-refractivity contribution >= 4 is 12.2 Å². The molecule has 0 fully saturated rings. The molecule has 0 heterocycles. The highest BCUT2D eigenvalue weighted by Gasteiger charge is 2.07. The second-order valence-electron chi connectivity index (χ2n) is 4.67. The highest BCUT2D eigenvalue weighted by Crippen LogP contribution is 2.30. The van der Waals surface area contributed by atoms with E-state index in [2.05, 4.69) is 0 Å². The van der Waals surface area contributed by atoms with Gasteiger partial charge in [0.15, 0.2) is 0 Å². The summed E-state index contributed by atoms with van der Waals surface area (Å²) < 4.78 is 12.8. The fraction of sp³-hybridized carbons (Fsp3) is 0.176. The largest absolute Gasteiger partial charge is 0.508 e. The number of benzene rings is 2. The van der Waals surface area contributed by atoms with Gasteiger partial charge in [-0.05, 0) is 41.8 Å². The van der Waals surface area contributed by atoms with Gasteiger partial charge in [0.2, 0.25) is 0 Å². The van der Waals surface area contributed by atoms with Crippen LogP contribution in [0.3, 0.4) is 0 Å². The molecule has 104 valence electrons. The third-order valence-electron chi connectivity index (χ3n) is 3.06. The van der Waals surface area contributed by atoms with E-state index in [1.165, 1.54) is 12.1 Å². The molecular formula is C17H17FO2. The molecule has 2 nitrogen and oxygen atoms in total. The first-order valence-electron chi connectivity index (χ1n) is 6.58. The van der Waals surface area contributed by atoms with Crippen LogP contribution in [0, 0.1) is 5.82 Å². The van der Waals surface area contributed by atoms with Crippen LogP contribution in [0.15, 0.2) is 36.4 Å². The van der Waals surface area contributed by atoms with Gasteiger partial charge in [-0.15, -0.1) is 0 Å². The van der Waals surface area contributed by atoms with Crippen LogP contribution >= 0.6 is 0 Å². The number of phenols is 2. The molecule has 0 amide bonds. The number of hydrogen-bond acceptors (Lipinski definition) is 2. The van der Waals surface area contributed by atoms with E-state index in [4.69, 9.17) is 0 Å². The Hall–Kier alpha value is -2.29. The third kappa shape index (κ3) is 3.38. The van der Waals surface area contributed by atoms with E-state index >= 15 is 0 Å². The summed E-state index contributed by atoms with van der Waals surface area (Å²) in [7, 11) is 0. The fourth-order valence-electron chi connectivity index (χ4n) is 2.03. The average molecular weight is 272 g/mol. The number of phenolic OH excluding ortho intramolecular Hbond substituents is 2. The van der Waals surface area contributed by atoms with Crippen LogP contribution in [-0.4, -0.2) is 10.2 Å². The van der Waals surface area contributed by atoms with Crippen LogP contribution in [0.2, 0.25) is 0 Å². The van der Waals surface area contributed by atoms with E-state index in [1.54, 1.807) is 36.4 Å². The van der Waals surface area contributed by atoms with E-state index in [0.717, 1.165) is 12.0 Å². The van der Waals surface area contributed by atoms with Crippen LogP contribution in [0.1, 0.15) is 30.0 Å². The summed E-state index contributed by atoms with van der Waals surface area (Å²) in [6, 6.07) is 9.33. The van der Waals surface area contributed by atoms with Gasteiger partial charge in [0.05, 0.1) is 0 Å². The molecule has 20 heavy (non-hydrogen) atoms. The SMILES string of the molecule is CCCc1c(O)cc(C=Cc2ccc(F)cc2)cc1O. The molecule has 0 saturated heterocycles. The van der Waals surface area contributed by atoms with Crippen molar-refractivity contribution in [3.8, 4) is 11.5 Å². The lowest BCUT2D eigenvalue weighted by atomic mass is 10.0. The zero-order valence-electron chi connectivity index (χ0n) is 11.3. The molecule has 2 rings (SSSR count). The molecule has 0 aliphatic carbocycles. The zero-order valence-corrected chi connectivity index (χ0v) is 11.3. The maximum absolute atomic E-state index is 12.8. The van der Waals surface area contributed by atoms with Gasteiger partial charge in [-0.1, -0.05) is 37.6 Å². The standard InChI is InChI=1S/C17H17FO2/c1-2-3-15-16(19)10-13(11-17(15)20)5-4-12-6-8-14(18)9-7-12/h4-11,19-20H,2-3H2,1H3. The summed E-state index contributed by atoms with van der Waals surface area (Å²) in [5.74, 6) is -0.0717. The molecule has 0 aliphatic rings. The summed E-state index contributed by atoms with van der Waals surface area (Å²) in [5, 5.41) is 19.8. The molecule has 0 atom stereocenters. The van der Waals surface area contributed by atoms with Crippen molar-refractivity contribution in [1.82, 2.24) is 0 Å². The fourth-order valence-corrected chi connectivity index (χ4v) is 2.03. The predicted molar refractivity (Wildman–Crippen MR) is 79.1 cm³/mol. The van der Waals surface area contributed by atoms with Gasteiger partial charge in [0, 0.05) is 5.56 Å². The van der Waals surface area contributed by atoms with E-state index in [9.17, 15) is 14.6 Å². The first-order chi connectivity index (χ1) is 9.60. The van der Waals surface area contributed by atoms with Crippen molar-refractivity contribution in [1.29, 1.82) is 0 Å². The summed E-state index contributed by atoms with van der Waals surface area (Å²) in [6.07, 6.45) is 5.06. The van der Waals surface area contributed by atoms with Crippen molar-refractivity contribution < 1.29 is 14.6 Å². The molecule has 0 radical (unpaired) electrons. The smallest absolute Gasteiger partial charge is 0.123 e. The van der Waals surface area contributed by atoms with Crippen molar-refractivity contribution in [2.45, 2.75) is 19.8 Å². The second-order valence-corrected chi connectivity index (χ2v) is 4.67. The van der Waals surface area contributed by atoms with Gasteiger partial charge in [-0.3, -0.25) is 0 Å². The Morgan fingerprint density at radius 1 is 0.950 bits per heavy atom. The normalized spacial score (nSPS) is 11.1. The second kappa shape index (κ2) is 6.24. The highest BCUT2D eigenvalue weighted by molar-refractivity contribution is 5.71. The lowest BCUT2D eigenvalue weighted by Crippen LogP contribution is -1.87. The van der Waals surface area contributed by atoms with Crippen LogP contribution in [0.5, 0.6) is 11.5 Å². The molecule has 0 aliphatic heterocycles. The van der Waals surface area contributed by atoms with Gasteiger partial charge in [-0.25, -0.2) is 4.39 Å². The number of hydrogen-bond donors (Lipinski definition) is 2. The van der Waals surface area contributed by atoms with E-state index < -0.39 is 0 Å². The Morgan fingerprint density at radius 2 is 1.50 bits per heavy atom. The molecule has 2 aromatic carbocycles. The first-order valence-corrected chi connectivity index (χ1v) is 6.58. The Labute approximate surface area is 117 Å². The van der Waals surface area contributed by atoms with Crippen molar-refractivity contribution in [2.24, 2.45) is 0 Å². The van der Waals surface area contributed by atoms with Gasteiger partial charge >= 0.3 is 0 Å². The van der Waals surface area contributed by atoms with E-state index in [1.807, 2.05) is 6.92 Å². The Kier molecular flexibility index (Phi) is 4.41. The highest BCUT2D eigenvalue weighted by atomic mass is 19.1. The Balaban J connectivity index is 2.23. The number of aromatic hydroxyl groups is 2. The van der Waals surface area contributed by atoms with Crippen LogP contribution in [0.25, 0.3) is 12.2 Å². The molecule has 2 N–H and O–H groups in total. The minimum absolute atomic E-state index is 0.102. The molecule has 0 spiro atoms. The monoisotopic (exact) mass is 272 g/mol. The van der Waals surface area contributed by atoms with Gasteiger partial charge < -0.3 is 10.2 Å². The van der Waals surface area contributed by atoms with Gasteiger partial charge in [0.25, 0.3) is 0 Å². The predicted octanol–water partition coefficient (Wildman–Crippen LogP) is 4.36. The zero-order chi connectivity index (χ0) is 14.5. The first kappa shape index (κ1) is 14.1. The van der Waals surface area contributed by atoms with Gasteiger partial charge in [-0.2, -0.15) is 0 Å². The van der Waals surface area contributed by atoms with E-state index in [-0.39, 0.29) is 17.3 Å². The molecule has 0 unspecified atom stereocenters. The average Bonchev–Trinajstić information content (AvgIpc) is 2.42. The maximum atomic E-state index is 12.8. The summed E-state index contributed by atoms with van der Waals surface area (Å²) >= 11 is 0. The minimum Gasteiger partial charge on any atom is -0.508 e. The number of halogens is 1. The summed E-state index contributed by atoms with van der Waals surface area (Å²) in [6.45, 7) is 1.99.